The maximum atomic E-state index is 8.79. The molecule has 0 bridgehead atoms. The topological polar surface area (TPSA) is 84.6 Å². The van der Waals surface area contributed by atoms with Gasteiger partial charge in [-0.25, -0.2) is 5.48 Å². The molecule has 1 atom stereocenters. The van der Waals surface area contributed by atoms with Crippen LogP contribution in [-0.4, -0.2) is 24.8 Å². The van der Waals surface area contributed by atoms with E-state index in [1.54, 1.807) is 0 Å². The Bertz CT molecular complexity index is 602. The van der Waals surface area contributed by atoms with Crippen LogP contribution in [0.4, 0.5) is 0 Å². The zero-order chi connectivity index (χ0) is 15.8. The van der Waals surface area contributed by atoms with Crippen LogP contribution in [0.5, 0.6) is 5.75 Å². The number of fused-ring (bicyclic) bond motifs is 1. The van der Waals surface area contributed by atoms with Crippen LogP contribution < -0.4 is 16.0 Å². The molecule has 5 nitrogen and oxygen atoms in total. The van der Waals surface area contributed by atoms with Gasteiger partial charge in [-0.3, -0.25) is 4.79 Å². The first-order valence-corrected chi connectivity index (χ1v) is 7.12. The Morgan fingerprint density at radius 2 is 1.95 bits per heavy atom. The summed E-state index contributed by atoms with van der Waals surface area (Å²) in [6, 6.07) is 16.7. The summed E-state index contributed by atoms with van der Waals surface area (Å²) in [7, 11) is 0. The van der Waals surface area contributed by atoms with Gasteiger partial charge in [-0.1, -0.05) is 36.4 Å². The number of primary amides is 1. The second-order valence-electron chi connectivity index (χ2n) is 5.07. The smallest absolute Gasteiger partial charge is 0.204 e. The Morgan fingerprint density at radius 3 is 2.64 bits per heavy atom. The minimum absolute atomic E-state index is 0.250. The summed E-state index contributed by atoms with van der Waals surface area (Å²) in [5.41, 5.74) is 10.0. The first kappa shape index (κ1) is 16.0. The molecular weight excluding hydrogens is 280 g/mol. The van der Waals surface area contributed by atoms with Gasteiger partial charge in [0.1, 0.15) is 5.75 Å². The number of hydrogen-bond acceptors (Lipinski definition) is 4. The van der Waals surface area contributed by atoms with Crippen LogP contribution in [-0.2, 0) is 11.2 Å². The lowest BCUT2D eigenvalue weighted by Gasteiger charge is -2.25. The first-order valence-electron chi connectivity index (χ1n) is 7.12. The molecule has 1 heterocycles. The average molecular weight is 300 g/mol. The van der Waals surface area contributed by atoms with Crippen molar-refractivity contribution in [1.29, 1.82) is 0 Å². The number of amides is 1. The fraction of sp³-hybridized carbons (Fsp3) is 0.235. The van der Waals surface area contributed by atoms with Crippen LogP contribution in [0.25, 0.3) is 11.1 Å². The monoisotopic (exact) mass is 300 g/mol. The van der Waals surface area contributed by atoms with E-state index in [9.17, 15) is 0 Å². The number of rotatable bonds is 3. The zero-order valence-electron chi connectivity index (χ0n) is 12.2. The molecule has 2 aromatic rings. The number of benzene rings is 2. The first-order chi connectivity index (χ1) is 10.8. The molecule has 1 amide bonds. The Morgan fingerprint density at radius 1 is 1.23 bits per heavy atom. The van der Waals surface area contributed by atoms with E-state index in [0.717, 1.165) is 12.2 Å². The van der Waals surface area contributed by atoms with Gasteiger partial charge >= 0.3 is 0 Å². The number of ether oxygens (including phenoxy) is 1. The molecule has 1 aliphatic heterocycles. The van der Waals surface area contributed by atoms with Crippen molar-refractivity contribution in [3.63, 3.8) is 0 Å². The molecule has 0 aliphatic carbocycles. The normalized spacial score (nSPS) is 15.8. The van der Waals surface area contributed by atoms with Crippen molar-refractivity contribution in [3.8, 4) is 16.9 Å². The quantitative estimate of drug-likeness (QED) is 0.598. The highest BCUT2D eigenvalue weighted by Gasteiger charge is 2.19. The lowest BCUT2D eigenvalue weighted by atomic mass is 9.94. The predicted octanol–water partition coefficient (Wildman–Crippen LogP) is 1.99. The largest absolute Gasteiger partial charge is 0.493 e. The van der Waals surface area contributed by atoms with Crippen LogP contribution in [0.3, 0.4) is 0 Å². The standard InChI is InChI=1S/C16H17NO2.CH3NO/c18-17-10-12-8-15-9-14(6-7-16(15)19-11-12)13-4-2-1-3-5-13;2-1-3/h1-7,9,12,17-18H,8,10-11H2;1H,(H2,2,3). The molecule has 0 radical (unpaired) electrons. The van der Waals surface area contributed by atoms with Gasteiger partial charge in [-0.05, 0) is 35.2 Å². The summed E-state index contributed by atoms with van der Waals surface area (Å²) < 4.78 is 5.73. The van der Waals surface area contributed by atoms with Crippen LogP contribution in [0.2, 0.25) is 0 Å². The molecule has 2 aromatic carbocycles. The second kappa shape index (κ2) is 8.17. The van der Waals surface area contributed by atoms with Gasteiger partial charge in [0.15, 0.2) is 0 Å². The molecular formula is C17H20N2O3. The molecule has 22 heavy (non-hydrogen) atoms. The van der Waals surface area contributed by atoms with Crippen molar-refractivity contribution < 1.29 is 14.7 Å². The van der Waals surface area contributed by atoms with Crippen molar-refractivity contribution in [1.82, 2.24) is 5.48 Å². The van der Waals surface area contributed by atoms with Crippen LogP contribution in [0.15, 0.2) is 48.5 Å². The molecule has 3 rings (SSSR count). The molecule has 0 saturated heterocycles. The fourth-order valence-electron chi connectivity index (χ4n) is 2.53. The molecule has 5 heteroatoms. The van der Waals surface area contributed by atoms with Gasteiger partial charge in [0.2, 0.25) is 6.41 Å². The molecule has 116 valence electrons. The average Bonchev–Trinajstić information content (AvgIpc) is 2.56. The highest BCUT2D eigenvalue weighted by molar-refractivity contribution is 5.65. The molecule has 0 fully saturated rings. The molecule has 1 aliphatic rings. The van der Waals surface area contributed by atoms with Crippen molar-refractivity contribution in [2.24, 2.45) is 11.7 Å². The van der Waals surface area contributed by atoms with Gasteiger partial charge in [-0.2, -0.15) is 0 Å². The number of nitrogens with two attached hydrogens (primary N) is 1. The van der Waals surface area contributed by atoms with E-state index in [1.165, 1.54) is 16.7 Å². The third-order valence-corrected chi connectivity index (χ3v) is 3.53. The molecule has 4 N–H and O–H groups in total. The Hall–Kier alpha value is -2.37. The predicted molar refractivity (Wildman–Crippen MR) is 84.6 cm³/mol. The van der Waals surface area contributed by atoms with Gasteiger partial charge < -0.3 is 15.7 Å². The van der Waals surface area contributed by atoms with Gasteiger partial charge in [-0.15, -0.1) is 0 Å². The number of carbonyl (C=O) groups is 1. The summed E-state index contributed by atoms with van der Waals surface area (Å²) in [6.07, 6.45) is 1.18. The summed E-state index contributed by atoms with van der Waals surface area (Å²) in [5.74, 6) is 1.29. The maximum absolute atomic E-state index is 8.79. The van der Waals surface area contributed by atoms with E-state index >= 15 is 0 Å². The van der Waals surface area contributed by atoms with E-state index in [1.807, 2.05) is 24.3 Å². The summed E-state index contributed by atoms with van der Waals surface area (Å²) in [6.45, 7) is 1.22. The van der Waals surface area contributed by atoms with E-state index in [4.69, 9.17) is 14.7 Å². The van der Waals surface area contributed by atoms with Gasteiger partial charge in [0.05, 0.1) is 6.61 Å². The van der Waals surface area contributed by atoms with Crippen molar-refractivity contribution in [2.75, 3.05) is 13.2 Å². The van der Waals surface area contributed by atoms with Crippen molar-refractivity contribution in [2.45, 2.75) is 6.42 Å². The van der Waals surface area contributed by atoms with Crippen LogP contribution in [0.1, 0.15) is 5.56 Å². The lowest BCUT2D eigenvalue weighted by Crippen LogP contribution is -2.29. The summed E-state index contributed by atoms with van der Waals surface area (Å²) >= 11 is 0. The Labute approximate surface area is 129 Å². The number of nitrogens with one attached hydrogen (secondary N) is 1. The summed E-state index contributed by atoms with van der Waals surface area (Å²) in [4.78, 5) is 8.58. The van der Waals surface area contributed by atoms with E-state index in [2.05, 4.69) is 35.5 Å². The number of hydroxylamine groups is 1. The van der Waals surface area contributed by atoms with Gasteiger partial charge in [0.25, 0.3) is 0 Å². The second-order valence-corrected chi connectivity index (χ2v) is 5.07. The van der Waals surface area contributed by atoms with Gasteiger partial charge in [0, 0.05) is 12.5 Å². The van der Waals surface area contributed by atoms with Crippen LogP contribution in [0, 0.1) is 5.92 Å². The van der Waals surface area contributed by atoms with Crippen LogP contribution >= 0.6 is 0 Å². The third kappa shape index (κ3) is 4.07. The minimum Gasteiger partial charge on any atom is -0.493 e. The molecule has 0 saturated carbocycles. The number of hydrogen-bond donors (Lipinski definition) is 3. The van der Waals surface area contributed by atoms with E-state index in [-0.39, 0.29) is 6.41 Å². The lowest BCUT2D eigenvalue weighted by molar-refractivity contribution is -0.106. The third-order valence-electron chi connectivity index (χ3n) is 3.53. The molecule has 0 aromatic heterocycles. The number of carbonyl (C=O) groups excluding carboxylic acids is 1. The SMILES string of the molecule is NC=O.ONCC1COc2ccc(-c3ccccc3)cc2C1. The fourth-order valence-corrected chi connectivity index (χ4v) is 2.53. The highest BCUT2D eigenvalue weighted by Crippen LogP contribution is 2.31. The minimum atomic E-state index is 0.250. The van der Waals surface area contributed by atoms with Crippen molar-refractivity contribution >= 4 is 6.41 Å². The summed E-state index contributed by atoms with van der Waals surface area (Å²) in [5, 5.41) is 8.79. The van der Waals surface area contributed by atoms with Crippen molar-refractivity contribution in [3.05, 3.63) is 54.1 Å². The molecule has 1 unspecified atom stereocenters. The Kier molecular flexibility index (Phi) is 5.94. The van der Waals surface area contributed by atoms with E-state index in [0.29, 0.717) is 19.1 Å². The highest BCUT2D eigenvalue weighted by atomic mass is 16.5. The maximum Gasteiger partial charge on any atom is 0.204 e. The zero-order valence-corrected chi connectivity index (χ0v) is 12.2. The van der Waals surface area contributed by atoms with E-state index < -0.39 is 0 Å². The Balaban J connectivity index is 0.000000545. The molecule has 0 spiro atoms.